The monoisotopic (exact) mass is 148 g/mol. The zero-order chi connectivity index (χ0) is 6.69. The van der Waals surface area contributed by atoms with E-state index in [1.807, 2.05) is 0 Å². The van der Waals surface area contributed by atoms with E-state index in [2.05, 4.69) is 4.29 Å². The fraction of sp³-hybridized carbons (Fsp3) is 0.667. The van der Waals surface area contributed by atoms with Gasteiger partial charge in [-0.05, 0) is 12.8 Å². The molecule has 0 bridgehead atoms. The van der Waals surface area contributed by atoms with Crippen molar-refractivity contribution in [2.75, 3.05) is 0 Å². The highest BCUT2D eigenvalue weighted by Gasteiger charge is 2.11. The summed E-state index contributed by atoms with van der Waals surface area (Å²) >= 11 is 5.06. The van der Waals surface area contributed by atoms with Crippen LogP contribution in [0.15, 0.2) is 11.5 Å². The van der Waals surface area contributed by atoms with E-state index in [1.165, 1.54) is 0 Å². The van der Waals surface area contributed by atoms with Crippen LogP contribution in [0.5, 0.6) is 0 Å². The Morgan fingerprint density at radius 1 is 1.33 bits per heavy atom. The third-order valence-corrected chi connectivity index (χ3v) is 1.67. The third kappa shape index (κ3) is 1.52. The first kappa shape index (κ1) is 6.75. The van der Waals surface area contributed by atoms with Gasteiger partial charge in [-0.25, -0.2) is 0 Å². The molecule has 1 aliphatic rings. The normalized spacial score (nSPS) is 20.1. The van der Waals surface area contributed by atoms with E-state index in [-0.39, 0.29) is 0 Å². The van der Waals surface area contributed by atoms with Crippen LogP contribution in [-0.4, -0.2) is 5.11 Å². The van der Waals surface area contributed by atoms with Crippen LogP contribution in [0.1, 0.15) is 25.7 Å². The summed E-state index contributed by atoms with van der Waals surface area (Å²) in [5.41, 5.74) is 0. The Morgan fingerprint density at radius 3 is 2.44 bits per heavy atom. The zero-order valence-electron chi connectivity index (χ0n) is 5.06. The Kier molecular flexibility index (Phi) is 2.22. The number of hydrogen-bond donors (Lipinski definition) is 1. The van der Waals surface area contributed by atoms with Crippen molar-refractivity contribution in [1.29, 1.82) is 0 Å². The summed E-state index contributed by atoms with van der Waals surface area (Å²) in [6, 6.07) is 0. The molecule has 1 aliphatic carbocycles. The van der Waals surface area contributed by atoms with Crippen molar-refractivity contribution in [1.82, 2.24) is 0 Å². The summed E-state index contributed by atoms with van der Waals surface area (Å²) in [4.78, 5) is 0. The van der Waals surface area contributed by atoms with Crippen molar-refractivity contribution in [2.24, 2.45) is 0 Å². The van der Waals surface area contributed by atoms with Crippen molar-refractivity contribution in [3.63, 3.8) is 0 Å². The summed E-state index contributed by atoms with van der Waals surface area (Å²) in [6.45, 7) is 0. The lowest BCUT2D eigenvalue weighted by Gasteiger charge is -2.11. The minimum atomic E-state index is 0.316. The smallest absolute Gasteiger partial charge is 0.160 e. The molecule has 0 amide bonds. The Bertz CT molecular complexity index is 131. The lowest BCUT2D eigenvalue weighted by Crippen LogP contribution is -1.98. The summed E-state index contributed by atoms with van der Waals surface area (Å²) < 4.78 is 4.41. The van der Waals surface area contributed by atoms with Crippen LogP contribution in [0.25, 0.3) is 0 Å². The molecule has 0 fully saturated rings. The van der Waals surface area contributed by atoms with Crippen molar-refractivity contribution in [3.8, 4) is 0 Å². The molecule has 0 aromatic heterocycles. The second kappa shape index (κ2) is 2.97. The maximum atomic E-state index is 9.04. The molecule has 0 spiro atoms. The van der Waals surface area contributed by atoms with Gasteiger partial charge in [0.15, 0.2) is 5.76 Å². The first-order valence-electron chi connectivity index (χ1n) is 3.04. The molecular formula is C6H9ClO2. The van der Waals surface area contributed by atoms with Gasteiger partial charge in [0.25, 0.3) is 0 Å². The van der Waals surface area contributed by atoms with Crippen LogP contribution in [0.3, 0.4) is 0 Å². The second-order valence-corrected chi connectivity index (χ2v) is 2.31. The Labute approximate surface area is 59.3 Å². The van der Waals surface area contributed by atoms with Crippen LogP contribution < -0.4 is 0 Å². The third-order valence-electron chi connectivity index (χ3n) is 1.48. The molecule has 2 nitrogen and oxygen atoms in total. The molecule has 0 aromatic rings. The Morgan fingerprint density at radius 2 is 2.00 bits per heavy atom. The van der Waals surface area contributed by atoms with Gasteiger partial charge in [0.05, 0.1) is 0 Å². The van der Waals surface area contributed by atoms with E-state index in [1.54, 1.807) is 0 Å². The van der Waals surface area contributed by atoms with Crippen LogP contribution in [0.2, 0.25) is 0 Å². The van der Waals surface area contributed by atoms with Crippen molar-refractivity contribution in [2.45, 2.75) is 25.7 Å². The van der Waals surface area contributed by atoms with E-state index >= 15 is 0 Å². The van der Waals surface area contributed by atoms with Crippen LogP contribution >= 0.6 is 11.9 Å². The van der Waals surface area contributed by atoms with Crippen molar-refractivity contribution >= 4 is 11.9 Å². The molecule has 1 N–H and O–H groups in total. The quantitative estimate of drug-likeness (QED) is 0.619. The fourth-order valence-corrected chi connectivity index (χ4v) is 1.11. The predicted octanol–water partition coefficient (Wildman–Crippen LogP) is 2.50. The average molecular weight is 149 g/mol. The number of allylic oxidation sites excluding steroid dienone is 2. The first-order valence-corrected chi connectivity index (χ1v) is 3.35. The molecular weight excluding hydrogens is 140 g/mol. The van der Waals surface area contributed by atoms with Gasteiger partial charge in [0.2, 0.25) is 0 Å². The SMILES string of the molecule is OC1=C(OCl)CCCC1. The number of aliphatic hydroxyl groups excluding tert-OH is 1. The molecule has 0 radical (unpaired) electrons. The highest BCUT2D eigenvalue weighted by molar-refractivity contribution is 6.08. The lowest BCUT2D eigenvalue weighted by molar-refractivity contribution is 0.298. The highest BCUT2D eigenvalue weighted by atomic mass is 35.5. The van der Waals surface area contributed by atoms with E-state index in [0.717, 1.165) is 19.3 Å². The topological polar surface area (TPSA) is 29.5 Å². The van der Waals surface area contributed by atoms with E-state index in [4.69, 9.17) is 17.0 Å². The second-order valence-electron chi connectivity index (χ2n) is 2.15. The van der Waals surface area contributed by atoms with Gasteiger partial charge in [0.1, 0.15) is 17.6 Å². The highest BCUT2D eigenvalue weighted by Crippen LogP contribution is 2.23. The molecule has 0 saturated heterocycles. The van der Waals surface area contributed by atoms with Crippen molar-refractivity contribution in [3.05, 3.63) is 11.5 Å². The van der Waals surface area contributed by atoms with E-state index < -0.39 is 0 Å². The van der Waals surface area contributed by atoms with Gasteiger partial charge >= 0.3 is 0 Å². The van der Waals surface area contributed by atoms with E-state index in [9.17, 15) is 0 Å². The zero-order valence-corrected chi connectivity index (χ0v) is 5.82. The Balaban J connectivity index is 2.59. The van der Waals surface area contributed by atoms with Crippen molar-refractivity contribution < 1.29 is 9.40 Å². The van der Waals surface area contributed by atoms with Gasteiger partial charge < -0.3 is 9.40 Å². The molecule has 9 heavy (non-hydrogen) atoms. The lowest BCUT2D eigenvalue weighted by atomic mass is 10.1. The Hall–Kier alpha value is -0.370. The van der Waals surface area contributed by atoms with Gasteiger partial charge in [0, 0.05) is 12.8 Å². The standard InChI is InChI=1S/C6H9ClO2/c7-9-6-4-2-1-3-5(6)8/h8H,1-4H2. The molecule has 3 heteroatoms. The largest absolute Gasteiger partial charge is 0.509 e. The van der Waals surface area contributed by atoms with Gasteiger partial charge in [-0.15, -0.1) is 0 Å². The average Bonchev–Trinajstić information content (AvgIpc) is 1.89. The molecule has 0 saturated carbocycles. The molecule has 1 rings (SSSR count). The molecule has 0 atom stereocenters. The van der Waals surface area contributed by atoms with Crippen LogP contribution in [-0.2, 0) is 4.29 Å². The number of rotatable bonds is 1. The molecule has 0 unspecified atom stereocenters. The maximum Gasteiger partial charge on any atom is 0.160 e. The number of halogens is 1. The molecule has 0 aromatic carbocycles. The summed E-state index contributed by atoms with van der Waals surface area (Å²) in [5, 5.41) is 9.04. The van der Waals surface area contributed by atoms with E-state index in [0.29, 0.717) is 17.9 Å². The summed E-state index contributed by atoms with van der Waals surface area (Å²) in [7, 11) is 0. The minimum Gasteiger partial charge on any atom is -0.509 e. The summed E-state index contributed by atoms with van der Waals surface area (Å²) in [6.07, 6.45) is 3.58. The van der Waals surface area contributed by atoms with Crippen LogP contribution in [0, 0.1) is 0 Å². The molecule has 52 valence electrons. The summed E-state index contributed by atoms with van der Waals surface area (Å²) in [5.74, 6) is 0.860. The number of hydrogen-bond acceptors (Lipinski definition) is 2. The first-order chi connectivity index (χ1) is 4.34. The maximum absolute atomic E-state index is 9.04. The van der Waals surface area contributed by atoms with Gasteiger partial charge in [-0.3, -0.25) is 0 Å². The van der Waals surface area contributed by atoms with Crippen LogP contribution in [0.4, 0.5) is 0 Å². The molecule has 0 heterocycles. The fourth-order valence-electron chi connectivity index (χ4n) is 0.945. The predicted molar refractivity (Wildman–Crippen MR) is 35.1 cm³/mol. The number of aliphatic hydroxyl groups is 1. The van der Waals surface area contributed by atoms with Gasteiger partial charge in [-0.1, -0.05) is 0 Å². The van der Waals surface area contributed by atoms with Gasteiger partial charge in [-0.2, -0.15) is 0 Å². The minimum absolute atomic E-state index is 0.316. The molecule has 0 aliphatic heterocycles.